The molecule has 92 valence electrons. The molecule has 4 N–H and O–H groups in total. The first-order chi connectivity index (χ1) is 8.12. The Balaban J connectivity index is 1.79. The van der Waals surface area contributed by atoms with Crippen LogP contribution < -0.4 is 5.73 Å². The van der Waals surface area contributed by atoms with Gasteiger partial charge in [-0.3, -0.25) is 0 Å². The molecular formula is C13H18NO3+. The Morgan fingerprint density at radius 3 is 2.59 bits per heavy atom. The average molecular weight is 236 g/mol. The summed E-state index contributed by atoms with van der Waals surface area (Å²) in [4.78, 5) is 10.9. The maximum Gasteiger partial charge on any atom is 0.335 e. The van der Waals surface area contributed by atoms with E-state index in [2.05, 4.69) is 5.73 Å². The Hall–Kier alpha value is -1.39. The first kappa shape index (κ1) is 12.1. The number of carboxylic acids is 1. The maximum absolute atomic E-state index is 10.9. The van der Waals surface area contributed by atoms with Crippen molar-refractivity contribution >= 4 is 5.97 Å². The number of carbonyl (C=O) groups is 1. The zero-order valence-corrected chi connectivity index (χ0v) is 9.76. The second-order valence-corrected chi connectivity index (χ2v) is 4.67. The molecule has 1 saturated carbocycles. The van der Waals surface area contributed by atoms with Crippen molar-refractivity contribution in [2.45, 2.75) is 30.9 Å². The third-order valence-corrected chi connectivity index (χ3v) is 3.06. The Labute approximate surface area is 100 Å². The number of rotatable bonds is 6. The number of hydrogen-bond acceptors (Lipinski definition) is 2. The standard InChI is InChI=1S/C13H17NO3/c14-11(8-10-4-2-1-3-5-10)9-17-13(6-7-13)12(15)16/h1-5,11H,6-9,14H2,(H,15,16)/p+1. The fraction of sp³-hybridized carbons (Fsp3) is 0.462. The molecule has 17 heavy (non-hydrogen) atoms. The van der Waals surface area contributed by atoms with Crippen LogP contribution >= 0.6 is 0 Å². The van der Waals surface area contributed by atoms with Gasteiger partial charge in [0.15, 0.2) is 5.60 Å². The number of quaternary nitrogens is 1. The highest BCUT2D eigenvalue weighted by Crippen LogP contribution is 2.39. The molecule has 2 rings (SSSR count). The molecule has 4 heteroatoms. The molecule has 0 bridgehead atoms. The van der Waals surface area contributed by atoms with Crippen LogP contribution in [0.2, 0.25) is 0 Å². The summed E-state index contributed by atoms with van der Waals surface area (Å²) in [6, 6.07) is 10.1. The van der Waals surface area contributed by atoms with Crippen molar-refractivity contribution in [2.24, 2.45) is 0 Å². The van der Waals surface area contributed by atoms with Crippen LogP contribution in [0.4, 0.5) is 0 Å². The van der Waals surface area contributed by atoms with Gasteiger partial charge >= 0.3 is 5.97 Å². The van der Waals surface area contributed by atoms with Crippen molar-refractivity contribution in [2.75, 3.05) is 6.61 Å². The van der Waals surface area contributed by atoms with Gasteiger partial charge in [0.05, 0.1) is 0 Å². The number of aliphatic carboxylic acids is 1. The van der Waals surface area contributed by atoms with E-state index in [0.29, 0.717) is 19.4 Å². The molecule has 1 fully saturated rings. The number of hydrogen-bond donors (Lipinski definition) is 2. The second kappa shape index (κ2) is 4.85. The third kappa shape index (κ3) is 3.05. The minimum Gasteiger partial charge on any atom is -0.479 e. The molecule has 1 aliphatic rings. The van der Waals surface area contributed by atoms with E-state index in [1.807, 2.05) is 30.3 Å². The van der Waals surface area contributed by atoms with Gasteiger partial charge in [-0.05, 0) is 18.4 Å². The SMILES string of the molecule is [NH3+]C(COC1(C(=O)O)CC1)Cc1ccccc1. The Morgan fingerprint density at radius 2 is 2.06 bits per heavy atom. The normalized spacial score (nSPS) is 18.6. The van der Waals surface area contributed by atoms with Crippen LogP contribution in [0.25, 0.3) is 0 Å². The largest absolute Gasteiger partial charge is 0.479 e. The van der Waals surface area contributed by atoms with Crippen LogP contribution in [-0.4, -0.2) is 29.3 Å². The zero-order valence-electron chi connectivity index (χ0n) is 9.76. The van der Waals surface area contributed by atoms with Gasteiger partial charge in [-0.1, -0.05) is 30.3 Å². The minimum atomic E-state index is -0.896. The van der Waals surface area contributed by atoms with E-state index in [0.717, 1.165) is 6.42 Å². The summed E-state index contributed by atoms with van der Waals surface area (Å²) < 4.78 is 5.47. The van der Waals surface area contributed by atoms with Gasteiger partial charge in [-0.25, -0.2) is 4.79 Å². The molecule has 0 spiro atoms. The topological polar surface area (TPSA) is 74.2 Å². The van der Waals surface area contributed by atoms with Gasteiger partial charge < -0.3 is 15.6 Å². The average Bonchev–Trinajstić information content (AvgIpc) is 3.09. The van der Waals surface area contributed by atoms with E-state index in [1.165, 1.54) is 5.56 Å². The molecule has 1 unspecified atom stereocenters. The van der Waals surface area contributed by atoms with Gasteiger partial charge in [0.25, 0.3) is 0 Å². The smallest absolute Gasteiger partial charge is 0.335 e. The molecular weight excluding hydrogens is 218 g/mol. The van der Waals surface area contributed by atoms with Gasteiger partial charge in [0, 0.05) is 6.42 Å². The van der Waals surface area contributed by atoms with Crippen molar-refractivity contribution in [3.05, 3.63) is 35.9 Å². The Morgan fingerprint density at radius 1 is 1.41 bits per heavy atom. The van der Waals surface area contributed by atoms with Crippen molar-refractivity contribution in [3.63, 3.8) is 0 Å². The summed E-state index contributed by atoms with van der Waals surface area (Å²) in [5.74, 6) is -0.843. The van der Waals surface area contributed by atoms with Gasteiger partial charge in [0.1, 0.15) is 12.6 Å². The zero-order chi connectivity index (χ0) is 12.3. The number of ether oxygens (including phenoxy) is 1. The summed E-state index contributed by atoms with van der Waals surface area (Å²) in [5.41, 5.74) is 4.31. The molecule has 0 aliphatic heterocycles. The monoisotopic (exact) mass is 236 g/mol. The first-order valence-electron chi connectivity index (χ1n) is 5.87. The molecule has 1 aliphatic carbocycles. The molecule has 1 atom stereocenters. The molecule has 0 aromatic heterocycles. The van der Waals surface area contributed by atoms with Crippen molar-refractivity contribution < 1.29 is 20.4 Å². The van der Waals surface area contributed by atoms with E-state index in [9.17, 15) is 4.79 Å². The molecule has 0 saturated heterocycles. The summed E-state index contributed by atoms with van der Waals surface area (Å²) in [7, 11) is 0. The Kier molecular flexibility index (Phi) is 3.45. The van der Waals surface area contributed by atoms with E-state index in [-0.39, 0.29) is 6.04 Å². The van der Waals surface area contributed by atoms with E-state index in [4.69, 9.17) is 9.84 Å². The fourth-order valence-electron chi connectivity index (χ4n) is 1.82. The van der Waals surface area contributed by atoms with Gasteiger partial charge in [-0.15, -0.1) is 0 Å². The van der Waals surface area contributed by atoms with Gasteiger partial charge in [-0.2, -0.15) is 0 Å². The molecule has 0 heterocycles. The Bertz CT molecular complexity index is 387. The lowest BCUT2D eigenvalue weighted by Crippen LogP contribution is -2.64. The lowest BCUT2D eigenvalue weighted by molar-refractivity contribution is -0.427. The molecule has 4 nitrogen and oxygen atoms in total. The van der Waals surface area contributed by atoms with Crippen molar-refractivity contribution in [1.82, 2.24) is 0 Å². The molecule has 0 amide bonds. The van der Waals surface area contributed by atoms with Crippen molar-refractivity contribution in [3.8, 4) is 0 Å². The molecule has 1 aromatic rings. The van der Waals surface area contributed by atoms with E-state index < -0.39 is 11.6 Å². The van der Waals surface area contributed by atoms with Crippen LogP contribution in [0.3, 0.4) is 0 Å². The lowest BCUT2D eigenvalue weighted by atomic mass is 10.1. The summed E-state index contributed by atoms with van der Waals surface area (Å²) in [5, 5.41) is 8.96. The summed E-state index contributed by atoms with van der Waals surface area (Å²) >= 11 is 0. The fourth-order valence-corrected chi connectivity index (χ4v) is 1.82. The predicted molar refractivity (Wildman–Crippen MR) is 62.4 cm³/mol. The van der Waals surface area contributed by atoms with Gasteiger partial charge in [0.2, 0.25) is 0 Å². The highest BCUT2D eigenvalue weighted by atomic mass is 16.5. The van der Waals surface area contributed by atoms with Crippen molar-refractivity contribution in [1.29, 1.82) is 0 Å². The number of carboxylic acid groups (broad SMARTS) is 1. The quantitative estimate of drug-likeness (QED) is 0.754. The second-order valence-electron chi connectivity index (χ2n) is 4.67. The van der Waals surface area contributed by atoms with Crippen LogP contribution in [0.5, 0.6) is 0 Å². The summed E-state index contributed by atoms with van der Waals surface area (Å²) in [6.07, 6.45) is 2.07. The van der Waals surface area contributed by atoms with Crippen LogP contribution in [0.1, 0.15) is 18.4 Å². The molecule has 0 radical (unpaired) electrons. The minimum absolute atomic E-state index is 0.0919. The maximum atomic E-state index is 10.9. The van der Waals surface area contributed by atoms with E-state index >= 15 is 0 Å². The predicted octanol–water partition coefficient (Wildman–Crippen LogP) is 0.473. The number of benzene rings is 1. The van der Waals surface area contributed by atoms with Crippen LogP contribution in [0, 0.1) is 0 Å². The summed E-state index contributed by atoms with van der Waals surface area (Å²) in [6.45, 7) is 0.404. The highest BCUT2D eigenvalue weighted by molar-refractivity contribution is 5.80. The highest BCUT2D eigenvalue weighted by Gasteiger charge is 2.52. The van der Waals surface area contributed by atoms with Crippen LogP contribution in [-0.2, 0) is 16.0 Å². The third-order valence-electron chi connectivity index (χ3n) is 3.06. The lowest BCUT2D eigenvalue weighted by Gasteiger charge is -2.14. The van der Waals surface area contributed by atoms with Crippen LogP contribution in [0.15, 0.2) is 30.3 Å². The first-order valence-corrected chi connectivity index (χ1v) is 5.87. The molecule has 1 aromatic carbocycles. The van der Waals surface area contributed by atoms with E-state index in [1.54, 1.807) is 0 Å².